The number of unbranched alkanes of at least 4 members (excludes halogenated alkanes) is 2. The largest absolute Gasteiger partial charge is 0.487 e. The average molecular weight is 262 g/mol. The number of nitrogens with one attached hydrogen (secondary N) is 1. The van der Waals surface area contributed by atoms with Crippen LogP contribution >= 0.6 is 0 Å². The summed E-state index contributed by atoms with van der Waals surface area (Å²) in [5.74, 6) is 0.417. The summed E-state index contributed by atoms with van der Waals surface area (Å²) >= 11 is 0. The highest BCUT2D eigenvalue weighted by Crippen LogP contribution is 2.22. The third kappa shape index (κ3) is 5.04. The topological polar surface area (TPSA) is 64.3 Å². The van der Waals surface area contributed by atoms with Gasteiger partial charge in [-0.3, -0.25) is 4.79 Å². The van der Waals surface area contributed by atoms with E-state index in [1.54, 1.807) is 24.3 Å². The van der Waals surface area contributed by atoms with E-state index in [0.29, 0.717) is 30.2 Å². The molecule has 0 aliphatic heterocycles. The van der Waals surface area contributed by atoms with Crippen molar-refractivity contribution >= 4 is 11.6 Å². The van der Waals surface area contributed by atoms with Gasteiger partial charge in [0.2, 0.25) is 0 Å². The van der Waals surface area contributed by atoms with Crippen molar-refractivity contribution in [2.24, 2.45) is 0 Å². The maximum absolute atomic E-state index is 11.9. The summed E-state index contributed by atoms with van der Waals surface area (Å²) in [4.78, 5) is 11.9. The molecule has 0 saturated heterocycles. The molecule has 4 nitrogen and oxygen atoms in total. The third-order valence-electron chi connectivity index (χ3n) is 2.70. The normalized spacial score (nSPS) is 9.95. The monoisotopic (exact) mass is 262 g/mol. The van der Waals surface area contributed by atoms with E-state index in [1.165, 1.54) is 0 Å². The second-order valence-electron chi connectivity index (χ2n) is 4.32. The summed E-state index contributed by atoms with van der Waals surface area (Å²) < 4.78 is 5.40. The molecule has 1 aromatic rings. The van der Waals surface area contributed by atoms with Crippen LogP contribution in [0.3, 0.4) is 0 Å². The molecule has 0 fully saturated rings. The molecule has 1 amide bonds. The van der Waals surface area contributed by atoms with Gasteiger partial charge in [0.05, 0.1) is 5.69 Å². The van der Waals surface area contributed by atoms with Gasteiger partial charge in [0.25, 0.3) is 5.91 Å². The number of nitrogen functional groups attached to an aromatic ring is 1. The predicted octanol–water partition coefficient (Wildman–Crippen LogP) is 2.75. The minimum absolute atomic E-state index is 0.0976. The Balaban J connectivity index is 2.61. The van der Waals surface area contributed by atoms with E-state index in [-0.39, 0.29) is 5.91 Å². The summed E-state index contributed by atoms with van der Waals surface area (Å²) in [5, 5.41) is 2.88. The first-order valence-corrected chi connectivity index (χ1v) is 6.60. The van der Waals surface area contributed by atoms with Gasteiger partial charge in [-0.05, 0) is 24.6 Å². The number of hydrogen-bond acceptors (Lipinski definition) is 3. The smallest absolute Gasteiger partial charge is 0.251 e. The highest BCUT2D eigenvalue weighted by atomic mass is 16.5. The van der Waals surface area contributed by atoms with Gasteiger partial charge in [-0.1, -0.05) is 32.4 Å². The molecule has 0 radical (unpaired) electrons. The van der Waals surface area contributed by atoms with E-state index in [2.05, 4.69) is 18.8 Å². The van der Waals surface area contributed by atoms with Crippen LogP contribution in [0, 0.1) is 0 Å². The van der Waals surface area contributed by atoms with E-state index in [0.717, 1.165) is 19.3 Å². The lowest BCUT2D eigenvalue weighted by molar-refractivity contribution is 0.0952. The fraction of sp³-hybridized carbons (Fsp3) is 0.400. The molecule has 0 aliphatic rings. The Labute approximate surface area is 114 Å². The molecule has 19 heavy (non-hydrogen) atoms. The molecule has 0 unspecified atom stereocenters. The minimum atomic E-state index is -0.0976. The van der Waals surface area contributed by atoms with Crippen LogP contribution in [0.5, 0.6) is 5.75 Å². The van der Waals surface area contributed by atoms with Crippen LogP contribution in [0.1, 0.15) is 36.5 Å². The first kappa shape index (κ1) is 15.1. The van der Waals surface area contributed by atoms with E-state index in [4.69, 9.17) is 10.5 Å². The number of hydrogen-bond donors (Lipinski definition) is 2. The standard InChI is InChI=1S/C15H22N2O2/c1-3-5-6-9-17-15(18)12-7-8-13(16)14(11-12)19-10-4-2/h4,7-8,11H,2-3,5-6,9-10,16H2,1H3,(H,17,18). The minimum Gasteiger partial charge on any atom is -0.487 e. The molecule has 1 aromatic carbocycles. The first-order valence-electron chi connectivity index (χ1n) is 6.60. The molecule has 0 aromatic heterocycles. The van der Waals surface area contributed by atoms with E-state index in [1.807, 2.05) is 0 Å². The van der Waals surface area contributed by atoms with Crippen LogP contribution in [-0.2, 0) is 0 Å². The Hall–Kier alpha value is -1.97. The van der Waals surface area contributed by atoms with E-state index < -0.39 is 0 Å². The van der Waals surface area contributed by atoms with Gasteiger partial charge in [-0.15, -0.1) is 0 Å². The van der Waals surface area contributed by atoms with Gasteiger partial charge in [0.1, 0.15) is 12.4 Å². The zero-order chi connectivity index (χ0) is 14.1. The molecule has 0 spiro atoms. The molecular weight excluding hydrogens is 240 g/mol. The van der Waals surface area contributed by atoms with Crippen molar-refractivity contribution in [1.29, 1.82) is 0 Å². The Bertz CT molecular complexity index is 430. The zero-order valence-electron chi connectivity index (χ0n) is 11.4. The Kier molecular flexibility index (Phi) is 6.50. The second-order valence-corrected chi connectivity index (χ2v) is 4.32. The fourth-order valence-electron chi connectivity index (χ4n) is 1.63. The van der Waals surface area contributed by atoms with Crippen LogP contribution in [-0.4, -0.2) is 19.1 Å². The number of amides is 1. The van der Waals surface area contributed by atoms with E-state index >= 15 is 0 Å². The lowest BCUT2D eigenvalue weighted by Crippen LogP contribution is -2.24. The third-order valence-corrected chi connectivity index (χ3v) is 2.70. The van der Waals surface area contributed by atoms with Crippen LogP contribution in [0.25, 0.3) is 0 Å². The number of rotatable bonds is 8. The van der Waals surface area contributed by atoms with Crippen LogP contribution < -0.4 is 15.8 Å². The predicted molar refractivity (Wildman–Crippen MR) is 78.4 cm³/mol. The highest BCUT2D eigenvalue weighted by molar-refractivity contribution is 5.95. The van der Waals surface area contributed by atoms with Crippen LogP contribution in [0.15, 0.2) is 30.9 Å². The van der Waals surface area contributed by atoms with Gasteiger partial charge >= 0.3 is 0 Å². The van der Waals surface area contributed by atoms with Gasteiger partial charge in [0, 0.05) is 12.1 Å². The number of nitrogens with two attached hydrogens (primary N) is 1. The molecular formula is C15H22N2O2. The highest BCUT2D eigenvalue weighted by Gasteiger charge is 2.08. The molecule has 0 heterocycles. The summed E-state index contributed by atoms with van der Waals surface area (Å²) in [6.07, 6.45) is 4.89. The fourth-order valence-corrected chi connectivity index (χ4v) is 1.63. The Morgan fingerprint density at radius 3 is 2.95 bits per heavy atom. The zero-order valence-corrected chi connectivity index (χ0v) is 11.4. The van der Waals surface area contributed by atoms with Crippen molar-refractivity contribution in [1.82, 2.24) is 5.32 Å². The summed E-state index contributed by atoms with van der Waals surface area (Å²) in [6, 6.07) is 5.04. The second kappa shape index (κ2) is 8.19. The number of carbonyl (C=O) groups excluding carboxylic acids is 1. The number of carbonyl (C=O) groups is 1. The van der Waals surface area contributed by atoms with Gasteiger partial charge in [-0.25, -0.2) is 0 Å². The Morgan fingerprint density at radius 2 is 2.26 bits per heavy atom. The first-order chi connectivity index (χ1) is 9.19. The van der Waals surface area contributed by atoms with Gasteiger partial charge in [0.15, 0.2) is 0 Å². The number of benzene rings is 1. The van der Waals surface area contributed by atoms with Crippen molar-refractivity contribution in [2.45, 2.75) is 26.2 Å². The van der Waals surface area contributed by atoms with Crippen molar-refractivity contribution < 1.29 is 9.53 Å². The lowest BCUT2D eigenvalue weighted by atomic mass is 10.1. The number of anilines is 1. The molecule has 0 saturated carbocycles. The molecule has 3 N–H and O–H groups in total. The van der Waals surface area contributed by atoms with Crippen molar-refractivity contribution in [3.8, 4) is 5.75 Å². The van der Waals surface area contributed by atoms with Crippen LogP contribution in [0.2, 0.25) is 0 Å². The van der Waals surface area contributed by atoms with E-state index in [9.17, 15) is 4.79 Å². The lowest BCUT2D eigenvalue weighted by Gasteiger charge is -2.09. The molecule has 104 valence electrons. The summed E-state index contributed by atoms with van der Waals surface area (Å²) in [5.41, 5.74) is 6.86. The Morgan fingerprint density at radius 1 is 1.47 bits per heavy atom. The average Bonchev–Trinajstić information content (AvgIpc) is 2.42. The SMILES string of the molecule is C=CCOc1cc(C(=O)NCCCCC)ccc1N. The summed E-state index contributed by atoms with van der Waals surface area (Å²) in [7, 11) is 0. The quantitative estimate of drug-likeness (QED) is 0.430. The van der Waals surface area contributed by atoms with Gasteiger partial charge in [-0.2, -0.15) is 0 Å². The van der Waals surface area contributed by atoms with Crippen LogP contribution in [0.4, 0.5) is 5.69 Å². The maximum atomic E-state index is 11.9. The molecule has 4 heteroatoms. The summed E-state index contributed by atoms with van der Waals surface area (Å²) in [6.45, 7) is 6.77. The van der Waals surface area contributed by atoms with Crippen molar-refractivity contribution in [3.05, 3.63) is 36.4 Å². The molecule has 0 aliphatic carbocycles. The molecule has 0 bridgehead atoms. The van der Waals surface area contributed by atoms with Crippen molar-refractivity contribution in [3.63, 3.8) is 0 Å². The van der Waals surface area contributed by atoms with Gasteiger partial charge < -0.3 is 15.8 Å². The maximum Gasteiger partial charge on any atom is 0.251 e. The number of ether oxygens (including phenoxy) is 1. The molecule has 1 rings (SSSR count). The molecule has 0 atom stereocenters. The van der Waals surface area contributed by atoms with Crippen molar-refractivity contribution in [2.75, 3.05) is 18.9 Å².